The molecular formula is C20H33IN4O2. The molecule has 152 valence electrons. The van der Waals surface area contributed by atoms with Gasteiger partial charge < -0.3 is 19.9 Å². The van der Waals surface area contributed by atoms with Gasteiger partial charge in [-0.05, 0) is 39.4 Å². The first kappa shape index (κ1) is 23.7. The highest BCUT2D eigenvalue weighted by atomic mass is 127. The molecule has 1 heterocycles. The number of nitrogens with zero attached hydrogens (tertiary/aromatic N) is 3. The maximum atomic E-state index is 12.1. The average Bonchev–Trinajstić information content (AvgIpc) is 2.66. The number of hydrogen-bond donors (Lipinski definition) is 1. The maximum Gasteiger partial charge on any atom is 0.310 e. The zero-order valence-electron chi connectivity index (χ0n) is 16.9. The lowest BCUT2D eigenvalue weighted by molar-refractivity contribution is -0.149. The molecule has 7 heteroatoms. The molecule has 1 aromatic rings. The molecule has 0 aromatic heterocycles. The van der Waals surface area contributed by atoms with E-state index in [2.05, 4.69) is 58.5 Å². The number of rotatable bonds is 6. The van der Waals surface area contributed by atoms with Crippen LogP contribution in [0.3, 0.4) is 0 Å². The SMILES string of the molecule is CCOC(=O)C1CCCN(C(=NC)NCC(c2ccccc2)N(C)C)C1.I. The van der Waals surface area contributed by atoms with Gasteiger partial charge >= 0.3 is 5.97 Å². The second kappa shape index (κ2) is 12.2. The van der Waals surface area contributed by atoms with E-state index < -0.39 is 0 Å². The van der Waals surface area contributed by atoms with Crippen molar-refractivity contribution in [1.29, 1.82) is 0 Å². The van der Waals surface area contributed by atoms with Crippen molar-refractivity contribution < 1.29 is 9.53 Å². The van der Waals surface area contributed by atoms with Gasteiger partial charge in [-0.3, -0.25) is 9.79 Å². The van der Waals surface area contributed by atoms with Crippen LogP contribution in [0.25, 0.3) is 0 Å². The van der Waals surface area contributed by atoms with Crippen LogP contribution in [0.4, 0.5) is 0 Å². The number of nitrogens with one attached hydrogen (secondary N) is 1. The smallest absolute Gasteiger partial charge is 0.310 e. The van der Waals surface area contributed by atoms with E-state index in [0.29, 0.717) is 13.2 Å². The highest BCUT2D eigenvalue weighted by Gasteiger charge is 2.28. The Kier molecular flexibility index (Phi) is 10.7. The van der Waals surface area contributed by atoms with Crippen LogP contribution in [-0.2, 0) is 9.53 Å². The second-order valence-corrected chi connectivity index (χ2v) is 6.86. The van der Waals surface area contributed by atoms with Gasteiger partial charge in [-0.15, -0.1) is 24.0 Å². The summed E-state index contributed by atoms with van der Waals surface area (Å²) >= 11 is 0. The standard InChI is InChI=1S/C20H32N4O2.HI/c1-5-26-19(25)17-12-9-13-24(15-17)20(21-2)22-14-18(23(3)4)16-10-7-6-8-11-16;/h6-8,10-11,17-18H,5,9,12-15H2,1-4H3,(H,21,22);1H. The molecule has 0 aliphatic carbocycles. The number of likely N-dealkylation sites (tertiary alicyclic amines) is 1. The summed E-state index contributed by atoms with van der Waals surface area (Å²) in [4.78, 5) is 20.9. The summed E-state index contributed by atoms with van der Waals surface area (Å²) in [5.74, 6) is 0.686. The normalized spacial score (nSPS) is 18.6. The van der Waals surface area contributed by atoms with Gasteiger partial charge in [-0.2, -0.15) is 0 Å². The first-order valence-corrected chi connectivity index (χ1v) is 9.40. The number of halogens is 1. The molecule has 1 aliphatic heterocycles. The number of hydrogen-bond acceptors (Lipinski definition) is 4. The van der Waals surface area contributed by atoms with Crippen LogP contribution in [0.2, 0.25) is 0 Å². The Bertz CT molecular complexity index is 595. The summed E-state index contributed by atoms with van der Waals surface area (Å²) in [6.07, 6.45) is 1.86. The molecule has 0 radical (unpaired) electrons. The van der Waals surface area contributed by atoms with Crippen LogP contribution in [0, 0.1) is 5.92 Å². The number of guanidine groups is 1. The van der Waals surface area contributed by atoms with Crippen LogP contribution in [0.15, 0.2) is 35.3 Å². The predicted octanol–water partition coefficient (Wildman–Crippen LogP) is 2.76. The largest absolute Gasteiger partial charge is 0.466 e. The Morgan fingerprint density at radius 1 is 1.37 bits per heavy atom. The van der Waals surface area contributed by atoms with Gasteiger partial charge in [-0.1, -0.05) is 30.3 Å². The van der Waals surface area contributed by atoms with Crippen molar-refractivity contribution in [1.82, 2.24) is 15.1 Å². The van der Waals surface area contributed by atoms with Gasteiger partial charge in [0.05, 0.1) is 18.6 Å². The van der Waals surface area contributed by atoms with E-state index in [1.165, 1.54) is 5.56 Å². The van der Waals surface area contributed by atoms with Gasteiger partial charge in [0.2, 0.25) is 0 Å². The van der Waals surface area contributed by atoms with Crippen molar-refractivity contribution in [2.24, 2.45) is 10.9 Å². The summed E-state index contributed by atoms with van der Waals surface area (Å²) in [6.45, 7) is 4.61. The van der Waals surface area contributed by atoms with Gasteiger partial charge in [0, 0.05) is 26.7 Å². The lowest BCUT2D eigenvalue weighted by atomic mass is 9.98. The molecule has 1 fully saturated rings. The minimum atomic E-state index is -0.0943. The van der Waals surface area contributed by atoms with Crippen LogP contribution in [0.5, 0.6) is 0 Å². The Balaban J connectivity index is 0.00000364. The van der Waals surface area contributed by atoms with E-state index >= 15 is 0 Å². The number of aliphatic imine (C=N–C) groups is 1. The van der Waals surface area contributed by atoms with Crippen molar-refractivity contribution in [2.45, 2.75) is 25.8 Å². The Hall–Kier alpha value is -1.35. The summed E-state index contributed by atoms with van der Waals surface area (Å²) in [5.41, 5.74) is 1.27. The molecule has 0 saturated carbocycles. The molecule has 1 saturated heterocycles. The van der Waals surface area contributed by atoms with Crippen molar-refractivity contribution >= 4 is 35.9 Å². The van der Waals surface area contributed by atoms with E-state index in [9.17, 15) is 4.79 Å². The average molecular weight is 488 g/mol. The van der Waals surface area contributed by atoms with E-state index in [-0.39, 0.29) is 41.9 Å². The van der Waals surface area contributed by atoms with Crippen LogP contribution >= 0.6 is 24.0 Å². The number of carbonyl (C=O) groups excluding carboxylic acids is 1. The molecule has 0 amide bonds. The van der Waals surface area contributed by atoms with Crippen molar-refractivity contribution in [2.75, 3.05) is 47.4 Å². The zero-order chi connectivity index (χ0) is 18.9. The van der Waals surface area contributed by atoms with Crippen molar-refractivity contribution in [3.63, 3.8) is 0 Å². The summed E-state index contributed by atoms with van der Waals surface area (Å²) in [5, 5.41) is 3.49. The minimum absolute atomic E-state index is 0. The first-order chi connectivity index (χ1) is 12.6. The van der Waals surface area contributed by atoms with E-state index in [4.69, 9.17) is 4.74 Å². The fraction of sp³-hybridized carbons (Fsp3) is 0.600. The van der Waals surface area contributed by atoms with Crippen molar-refractivity contribution in [3.05, 3.63) is 35.9 Å². The third kappa shape index (κ3) is 6.95. The molecular weight excluding hydrogens is 455 g/mol. The Morgan fingerprint density at radius 2 is 2.07 bits per heavy atom. The lowest BCUT2D eigenvalue weighted by Gasteiger charge is -2.35. The number of piperidine rings is 1. The van der Waals surface area contributed by atoms with Crippen LogP contribution in [-0.4, -0.2) is 69.1 Å². The Morgan fingerprint density at radius 3 is 2.67 bits per heavy atom. The number of carbonyl (C=O) groups is 1. The van der Waals surface area contributed by atoms with E-state index in [0.717, 1.165) is 31.9 Å². The first-order valence-electron chi connectivity index (χ1n) is 9.40. The molecule has 2 atom stereocenters. The molecule has 2 unspecified atom stereocenters. The summed E-state index contributed by atoms with van der Waals surface area (Å²) < 4.78 is 5.20. The fourth-order valence-corrected chi connectivity index (χ4v) is 3.42. The number of likely N-dealkylation sites (N-methyl/N-ethyl adjacent to an activating group) is 1. The number of esters is 1. The number of ether oxygens (including phenoxy) is 1. The molecule has 0 bridgehead atoms. The minimum Gasteiger partial charge on any atom is -0.466 e. The Labute approximate surface area is 180 Å². The molecule has 6 nitrogen and oxygen atoms in total. The molecule has 1 aliphatic rings. The highest BCUT2D eigenvalue weighted by Crippen LogP contribution is 2.19. The summed E-state index contributed by atoms with van der Waals surface area (Å²) in [7, 11) is 5.96. The summed E-state index contributed by atoms with van der Waals surface area (Å²) in [6, 6.07) is 10.7. The maximum absolute atomic E-state index is 12.1. The van der Waals surface area contributed by atoms with Crippen LogP contribution < -0.4 is 5.32 Å². The fourth-order valence-electron chi connectivity index (χ4n) is 3.42. The van der Waals surface area contributed by atoms with Crippen LogP contribution in [0.1, 0.15) is 31.4 Å². The molecule has 2 rings (SSSR count). The van der Waals surface area contributed by atoms with Gasteiger partial charge in [-0.25, -0.2) is 0 Å². The highest BCUT2D eigenvalue weighted by molar-refractivity contribution is 14.0. The van der Waals surface area contributed by atoms with Crippen molar-refractivity contribution in [3.8, 4) is 0 Å². The molecule has 0 spiro atoms. The van der Waals surface area contributed by atoms with E-state index in [1.807, 2.05) is 13.0 Å². The topological polar surface area (TPSA) is 57.2 Å². The third-order valence-electron chi connectivity index (χ3n) is 4.81. The van der Waals surface area contributed by atoms with Gasteiger partial charge in [0.15, 0.2) is 5.96 Å². The zero-order valence-corrected chi connectivity index (χ0v) is 19.2. The molecule has 27 heavy (non-hydrogen) atoms. The molecule has 1 N–H and O–H groups in total. The van der Waals surface area contributed by atoms with E-state index in [1.54, 1.807) is 7.05 Å². The van der Waals surface area contributed by atoms with Gasteiger partial charge in [0.1, 0.15) is 0 Å². The van der Waals surface area contributed by atoms with Gasteiger partial charge in [0.25, 0.3) is 0 Å². The quantitative estimate of drug-likeness (QED) is 0.289. The monoisotopic (exact) mass is 488 g/mol. The molecule has 1 aromatic carbocycles. The third-order valence-corrected chi connectivity index (χ3v) is 4.81. The lowest BCUT2D eigenvalue weighted by Crippen LogP contribution is -2.49. The predicted molar refractivity (Wildman–Crippen MR) is 121 cm³/mol. The number of benzene rings is 1. The second-order valence-electron chi connectivity index (χ2n) is 6.86.